The zero-order valence-electron chi connectivity index (χ0n) is 16.9. The number of urea groups is 1. The Morgan fingerprint density at radius 3 is 2.63 bits per heavy atom. The minimum atomic E-state index is -0.924. The molecule has 156 valence electrons. The summed E-state index contributed by atoms with van der Waals surface area (Å²) in [7, 11) is 0. The third-order valence-corrected chi connectivity index (χ3v) is 6.71. The summed E-state index contributed by atoms with van der Waals surface area (Å²) in [5, 5.41) is 5.67. The highest BCUT2D eigenvalue weighted by Gasteiger charge is 2.52. The Bertz CT molecular complexity index is 976. The first kappa shape index (κ1) is 20.5. The van der Waals surface area contributed by atoms with Gasteiger partial charge in [-0.15, -0.1) is 11.8 Å². The lowest BCUT2D eigenvalue weighted by molar-refractivity contribution is -0.135. The predicted molar refractivity (Wildman–Crippen MR) is 116 cm³/mol. The summed E-state index contributed by atoms with van der Waals surface area (Å²) in [6.45, 7) is 2.27. The van der Waals surface area contributed by atoms with Crippen molar-refractivity contribution in [2.45, 2.75) is 36.6 Å². The molecule has 1 atom stereocenters. The number of amides is 4. The van der Waals surface area contributed by atoms with E-state index in [0.717, 1.165) is 27.5 Å². The van der Waals surface area contributed by atoms with E-state index in [2.05, 4.69) is 41.0 Å². The molecule has 0 aromatic heterocycles. The Labute approximate surface area is 180 Å². The van der Waals surface area contributed by atoms with Gasteiger partial charge >= 0.3 is 6.03 Å². The number of carbonyl (C=O) groups is 3. The summed E-state index contributed by atoms with van der Waals surface area (Å²) in [4.78, 5) is 40.0. The van der Waals surface area contributed by atoms with E-state index in [-0.39, 0.29) is 18.4 Å². The number of rotatable bonds is 6. The van der Waals surface area contributed by atoms with Crippen molar-refractivity contribution >= 4 is 29.6 Å². The maximum atomic E-state index is 13.0. The first-order chi connectivity index (χ1) is 14.5. The molecular formula is C23H25N3O3S. The van der Waals surface area contributed by atoms with Gasteiger partial charge in [0.15, 0.2) is 0 Å². The molecule has 7 heteroatoms. The molecule has 6 nitrogen and oxygen atoms in total. The lowest BCUT2D eigenvalue weighted by Gasteiger charge is -2.32. The van der Waals surface area contributed by atoms with E-state index in [0.29, 0.717) is 19.4 Å². The van der Waals surface area contributed by atoms with Crippen LogP contribution in [-0.2, 0) is 22.4 Å². The molecule has 2 N–H and O–H groups in total. The van der Waals surface area contributed by atoms with E-state index in [1.165, 1.54) is 11.1 Å². The highest BCUT2D eigenvalue weighted by atomic mass is 32.2. The molecule has 1 saturated heterocycles. The second-order valence-electron chi connectivity index (χ2n) is 7.86. The van der Waals surface area contributed by atoms with Crippen molar-refractivity contribution in [1.29, 1.82) is 0 Å². The molecule has 2 aliphatic rings. The van der Waals surface area contributed by atoms with E-state index in [9.17, 15) is 14.4 Å². The fraction of sp³-hybridized carbons (Fsp3) is 0.348. The zero-order chi connectivity index (χ0) is 21.1. The molecule has 2 aromatic carbocycles. The number of benzene rings is 2. The summed E-state index contributed by atoms with van der Waals surface area (Å²) in [6, 6.07) is 15.7. The van der Waals surface area contributed by atoms with Crippen LogP contribution < -0.4 is 10.6 Å². The molecule has 4 rings (SSSR count). The van der Waals surface area contributed by atoms with Crippen LogP contribution in [0.4, 0.5) is 4.79 Å². The van der Waals surface area contributed by atoms with E-state index < -0.39 is 11.6 Å². The molecule has 30 heavy (non-hydrogen) atoms. The number of thioether (sulfide) groups is 1. The van der Waals surface area contributed by atoms with E-state index in [1.54, 1.807) is 11.8 Å². The lowest BCUT2D eigenvalue weighted by Crippen LogP contribution is -2.51. The van der Waals surface area contributed by atoms with Crippen LogP contribution in [0.25, 0.3) is 0 Å². The molecule has 1 spiro atoms. The average Bonchev–Trinajstić information content (AvgIpc) is 2.96. The second-order valence-corrected chi connectivity index (χ2v) is 9.03. The summed E-state index contributed by atoms with van der Waals surface area (Å²) in [6.07, 6.45) is 1.76. The standard InChI is InChI=1S/C23H25N3O3S/c1-16-6-8-19(9-7-16)30-13-12-24-20(27)15-26-21(28)23(25-22(26)29)11-10-17-4-2-3-5-18(17)14-23/h2-9H,10-15H2,1H3,(H,24,27)(H,25,29). The van der Waals surface area contributed by atoms with Gasteiger partial charge in [-0.25, -0.2) is 4.79 Å². The van der Waals surface area contributed by atoms with Gasteiger partial charge in [-0.3, -0.25) is 14.5 Å². The molecule has 0 bridgehead atoms. The van der Waals surface area contributed by atoms with Crippen LogP contribution in [0.1, 0.15) is 23.1 Å². The number of nitrogens with one attached hydrogen (secondary N) is 2. The first-order valence-electron chi connectivity index (χ1n) is 10.1. The number of hydrogen-bond donors (Lipinski definition) is 2. The zero-order valence-corrected chi connectivity index (χ0v) is 17.8. The van der Waals surface area contributed by atoms with Crippen LogP contribution in [0.15, 0.2) is 53.4 Å². The number of nitrogens with zero attached hydrogens (tertiary/aromatic N) is 1. The van der Waals surface area contributed by atoms with Crippen molar-refractivity contribution in [2.75, 3.05) is 18.8 Å². The average molecular weight is 424 g/mol. The number of hydrogen-bond acceptors (Lipinski definition) is 4. The molecule has 1 aliphatic heterocycles. The third-order valence-electron chi connectivity index (χ3n) is 5.69. The third kappa shape index (κ3) is 4.21. The van der Waals surface area contributed by atoms with Crippen molar-refractivity contribution in [3.05, 3.63) is 65.2 Å². The maximum absolute atomic E-state index is 13.0. The van der Waals surface area contributed by atoms with Crippen molar-refractivity contribution in [1.82, 2.24) is 15.5 Å². The van der Waals surface area contributed by atoms with Crippen LogP contribution in [0, 0.1) is 6.92 Å². The Hall–Kier alpha value is -2.80. The normalized spacial score (nSPS) is 20.2. The maximum Gasteiger partial charge on any atom is 0.325 e. The van der Waals surface area contributed by atoms with Crippen molar-refractivity contribution < 1.29 is 14.4 Å². The molecule has 1 unspecified atom stereocenters. The van der Waals surface area contributed by atoms with Crippen molar-refractivity contribution in [3.63, 3.8) is 0 Å². The van der Waals surface area contributed by atoms with Gasteiger partial charge in [-0.05, 0) is 43.0 Å². The molecule has 4 amide bonds. The highest BCUT2D eigenvalue weighted by Crippen LogP contribution is 2.33. The molecule has 1 aliphatic carbocycles. The Kier molecular flexibility index (Phi) is 5.81. The fourth-order valence-electron chi connectivity index (χ4n) is 4.04. The first-order valence-corrected chi connectivity index (χ1v) is 11.1. The molecular weight excluding hydrogens is 398 g/mol. The van der Waals surface area contributed by atoms with Crippen LogP contribution in [0.2, 0.25) is 0 Å². The van der Waals surface area contributed by atoms with Gasteiger partial charge in [-0.1, -0.05) is 42.0 Å². The fourth-order valence-corrected chi connectivity index (χ4v) is 4.81. The number of carbonyl (C=O) groups excluding carboxylic acids is 3. The Morgan fingerprint density at radius 2 is 1.87 bits per heavy atom. The predicted octanol–water partition coefficient (Wildman–Crippen LogP) is 2.68. The molecule has 2 aromatic rings. The van der Waals surface area contributed by atoms with Gasteiger partial charge in [0, 0.05) is 23.6 Å². The van der Waals surface area contributed by atoms with Crippen LogP contribution in [-0.4, -0.2) is 47.1 Å². The summed E-state index contributed by atoms with van der Waals surface area (Å²) >= 11 is 1.65. The van der Waals surface area contributed by atoms with E-state index in [4.69, 9.17) is 0 Å². The highest BCUT2D eigenvalue weighted by molar-refractivity contribution is 7.99. The quantitative estimate of drug-likeness (QED) is 0.425. The van der Waals surface area contributed by atoms with Crippen LogP contribution >= 0.6 is 11.8 Å². The number of imide groups is 1. The smallest absolute Gasteiger partial charge is 0.325 e. The Balaban J connectivity index is 1.29. The SMILES string of the molecule is Cc1ccc(SCCNC(=O)CN2C(=O)NC3(CCc4ccccc4C3)C2=O)cc1. The molecule has 1 heterocycles. The summed E-state index contributed by atoms with van der Waals surface area (Å²) in [5.41, 5.74) is 2.58. The van der Waals surface area contributed by atoms with Gasteiger partial charge in [0.1, 0.15) is 12.1 Å². The largest absolute Gasteiger partial charge is 0.354 e. The van der Waals surface area contributed by atoms with Crippen molar-refractivity contribution in [3.8, 4) is 0 Å². The van der Waals surface area contributed by atoms with Gasteiger partial charge < -0.3 is 10.6 Å². The minimum Gasteiger partial charge on any atom is -0.354 e. The van der Waals surface area contributed by atoms with Gasteiger partial charge in [0.2, 0.25) is 5.91 Å². The minimum absolute atomic E-state index is 0.247. The lowest BCUT2D eigenvalue weighted by atomic mass is 9.78. The molecule has 0 saturated carbocycles. The van der Waals surface area contributed by atoms with Crippen LogP contribution in [0.5, 0.6) is 0 Å². The second kappa shape index (κ2) is 8.52. The topological polar surface area (TPSA) is 78.5 Å². The summed E-state index contributed by atoms with van der Waals surface area (Å²) in [5.74, 6) is 0.0952. The van der Waals surface area contributed by atoms with Gasteiger partial charge in [0.05, 0.1) is 0 Å². The van der Waals surface area contributed by atoms with Gasteiger partial charge in [0.25, 0.3) is 5.91 Å². The molecule has 0 radical (unpaired) electrons. The van der Waals surface area contributed by atoms with Crippen molar-refractivity contribution in [2.24, 2.45) is 0 Å². The molecule has 1 fully saturated rings. The summed E-state index contributed by atoms with van der Waals surface area (Å²) < 4.78 is 0. The van der Waals surface area contributed by atoms with E-state index in [1.807, 2.05) is 25.1 Å². The Morgan fingerprint density at radius 1 is 1.13 bits per heavy atom. The number of fused-ring (bicyclic) bond motifs is 1. The number of aryl methyl sites for hydroxylation is 2. The van der Waals surface area contributed by atoms with Crippen LogP contribution in [0.3, 0.4) is 0 Å². The monoisotopic (exact) mass is 423 g/mol. The van der Waals surface area contributed by atoms with E-state index >= 15 is 0 Å². The van der Waals surface area contributed by atoms with Gasteiger partial charge in [-0.2, -0.15) is 0 Å².